The fraction of sp³-hybridized carbons (Fsp3) is 1.00. The molecule has 0 N–H and O–H groups in total. The molecule has 0 aliphatic heterocycles. The minimum absolute atomic E-state index is 0.120. The van der Waals surface area contributed by atoms with Gasteiger partial charge in [0.05, 0.1) is 0 Å². The van der Waals surface area contributed by atoms with Crippen LogP contribution in [-0.4, -0.2) is 20.3 Å². The molecule has 0 aliphatic carbocycles. The van der Waals surface area contributed by atoms with Crippen molar-refractivity contribution < 1.29 is 0 Å². The quantitative estimate of drug-likeness (QED) is 0.488. The Labute approximate surface area is 48.7 Å². The predicted molar refractivity (Wildman–Crippen MR) is 31.0 cm³/mol. The first-order valence-electron chi connectivity index (χ1n) is 2.39. The molecule has 0 amide bonds. The molecule has 0 heterocycles. The number of nitrogens with zero attached hydrogens (tertiary/aromatic N) is 4. The van der Waals surface area contributed by atoms with E-state index in [9.17, 15) is 0 Å². The summed E-state index contributed by atoms with van der Waals surface area (Å²) in [7, 11) is 3.23. The van der Waals surface area contributed by atoms with E-state index in [1.54, 1.807) is 14.1 Å². The zero-order chi connectivity index (χ0) is 6.41. The average Bonchev–Trinajstić information content (AvgIpc) is 1.68. The van der Waals surface area contributed by atoms with Crippen molar-refractivity contribution in [3.8, 4) is 0 Å². The third-order valence-corrected chi connectivity index (χ3v) is 0.565. The van der Waals surface area contributed by atoms with Crippen LogP contribution in [0.2, 0.25) is 0 Å². The molecule has 0 radical (unpaired) electrons. The SMILES string of the molecule is CN=NC(C)N=NC. The van der Waals surface area contributed by atoms with Crippen LogP contribution in [0.25, 0.3) is 0 Å². The van der Waals surface area contributed by atoms with Gasteiger partial charge in [0.25, 0.3) is 0 Å². The molecule has 0 unspecified atom stereocenters. The van der Waals surface area contributed by atoms with Crippen molar-refractivity contribution in [1.82, 2.24) is 0 Å². The first kappa shape index (κ1) is 7.20. The van der Waals surface area contributed by atoms with Gasteiger partial charge in [-0.15, -0.1) is 0 Å². The lowest BCUT2D eigenvalue weighted by Crippen LogP contribution is -1.87. The molecule has 0 aromatic heterocycles. The zero-order valence-corrected chi connectivity index (χ0v) is 5.37. The van der Waals surface area contributed by atoms with E-state index in [0.29, 0.717) is 0 Å². The Kier molecular flexibility index (Phi) is 3.93. The van der Waals surface area contributed by atoms with Crippen molar-refractivity contribution in [2.75, 3.05) is 14.1 Å². The van der Waals surface area contributed by atoms with Gasteiger partial charge in [-0.3, -0.25) is 0 Å². The predicted octanol–water partition coefficient (Wildman–Crippen LogP) is 1.50. The molecular weight excluding hydrogens is 104 g/mol. The molecule has 0 bridgehead atoms. The van der Waals surface area contributed by atoms with Crippen molar-refractivity contribution in [2.24, 2.45) is 20.5 Å². The summed E-state index contributed by atoms with van der Waals surface area (Å²) in [6, 6.07) is 0. The van der Waals surface area contributed by atoms with E-state index in [-0.39, 0.29) is 6.17 Å². The van der Waals surface area contributed by atoms with Crippen LogP contribution in [0, 0.1) is 0 Å². The Morgan fingerprint density at radius 2 is 1.38 bits per heavy atom. The Morgan fingerprint density at radius 3 is 1.62 bits per heavy atom. The smallest absolute Gasteiger partial charge is 0.178 e. The topological polar surface area (TPSA) is 49.4 Å². The van der Waals surface area contributed by atoms with Crippen LogP contribution in [0.3, 0.4) is 0 Å². The summed E-state index contributed by atoms with van der Waals surface area (Å²) >= 11 is 0. The number of rotatable bonds is 2. The second kappa shape index (κ2) is 4.36. The maximum Gasteiger partial charge on any atom is 0.178 e. The van der Waals surface area contributed by atoms with E-state index < -0.39 is 0 Å². The van der Waals surface area contributed by atoms with E-state index in [1.165, 1.54) is 0 Å². The third-order valence-electron chi connectivity index (χ3n) is 0.565. The molecule has 4 nitrogen and oxygen atoms in total. The highest BCUT2D eigenvalue weighted by Gasteiger charge is 1.88. The van der Waals surface area contributed by atoms with Crippen LogP contribution >= 0.6 is 0 Å². The maximum absolute atomic E-state index is 3.68. The van der Waals surface area contributed by atoms with E-state index in [2.05, 4.69) is 20.5 Å². The second-order valence-electron chi connectivity index (χ2n) is 1.26. The second-order valence-corrected chi connectivity index (χ2v) is 1.26. The summed E-state index contributed by atoms with van der Waals surface area (Å²) in [5.74, 6) is 0. The van der Waals surface area contributed by atoms with E-state index in [1.807, 2.05) is 6.92 Å². The van der Waals surface area contributed by atoms with Crippen LogP contribution < -0.4 is 0 Å². The molecule has 8 heavy (non-hydrogen) atoms. The van der Waals surface area contributed by atoms with Gasteiger partial charge in [-0.1, -0.05) is 0 Å². The molecule has 0 saturated carbocycles. The lowest BCUT2D eigenvalue weighted by Gasteiger charge is -1.89. The number of hydrogen-bond acceptors (Lipinski definition) is 4. The van der Waals surface area contributed by atoms with E-state index in [0.717, 1.165) is 0 Å². The average molecular weight is 114 g/mol. The fourth-order valence-electron chi connectivity index (χ4n) is 0.357. The number of azo groups is 2. The first-order chi connectivity index (χ1) is 3.81. The molecule has 4 heteroatoms. The van der Waals surface area contributed by atoms with Crippen LogP contribution in [-0.2, 0) is 0 Å². The van der Waals surface area contributed by atoms with Crippen molar-refractivity contribution >= 4 is 0 Å². The van der Waals surface area contributed by atoms with Gasteiger partial charge >= 0.3 is 0 Å². The molecule has 0 fully saturated rings. The van der Waals surface area contributed by atoms with Gasteiger partial charge in [-0.25, -0.2) is 0 Å². The van der Waals surface area contributed by atoms with Gasteiger partial charge in [0.15, 0.2) is 6.17 Å². The van der Waals surface area contributed by atoms with E-state index in [4.69, 9.17) is 0 Å². The van der Waals surface area contributed by atoms with Crippen LogP contribution in [0.1, 0.15) is 6.92 Å². The summed E-state index contributed by atoms with van der Waals surface area (Å²) in [6.45, 7) is 1.82. The molecule has 0 aliphatic rings. The van der Waals surface area contributed by atoms with Gasteiger partial charge in [0, 0.05) is 14.1 Å². The van der Waals surface area contributed by atoms with Crippen molar-refractivity contribution in [1.29, 1.82) is 0 Å². The summed E-state index contributed by atoms with van der Waals surface area (Å²) in [5.41, 5.74) is 0. The van der Waals surface area contributed by atoms with Crippen molar-refractivity contribution in [3.05, 3.63) is 0 Å². The molecule has 46 valence electrons. The van der Waals surface area contributed by atoms with E-state index >= 15 is 0 Å². The Balaban J connectivity index is 3.47. The molecule has 0 aromatic carbocycles. The van der Waals surface area contributed by atoms with Gasteiger partial charge in [0.2, 0.25) is 0 Å². The van der Waals surface area contributed by atoms with Gasteiger partial charge in [-0.2, -0.15) is 20.5 Å². The molecule has 0 saturated heterocycles. The van der Waals surface area contributed by atoms with Crippen LogP contribution in [0.15, 0.2) is 20.5 Å². The molecule has 0 spiro atoms. The largest absolute Gasteiger partial charge is 0.195 e. The Hall–Kier alpha value is -0.800. The van der Waals surface area contributed by atoms with Gasteiger partial charge < -0.3 is 0 Å². The summed E-state index contributed by atoms with van der Waals surface area (Å²) in [4.78, 5) is 0. The monoisotopic (exact) mass is 114 g/mol. The minimum atomic E-state index is -0.120. The normalized spacial score (nSPS) is 15.9. The molecule has 0 rings (SSSR count). The highest BCUT2D eigenvalue weighted by molar-refractivity contribution is 4.45. The zero-order valence-electron chi connectivity index (χ0n) is 5.37. The molecule has 0 aromatic rings. The summed E-state index contributed by atoms with van der Waals surface area (Å²) in [6.07, 6.45) is -0.120. The fourth-order valence-corrected chi connectivity index (χ4v) is 0.357. The van der Waals surface area contributed by atoms with Crippen LogP contribution in [0.5, 0.6) is 0 Å². The number of hydrogen-bond donors (Lipinski definition) is 0. The Morgan fingerprint density at radius 1 is 1.00 bits per heavy atom. The first-order valence-corrected chi connectivity index (χ1v) is 2.39. The highest BCUT2D eigenvalue weighted by Crippen LogP contribution is 1.90. The third kappa shape index (κ3) is 3.39. The summed E-state index contributed by atoms with van der Waals surface area (Å²) < 4.78 is 0. The maximum atomic E-state index is 3.68. The van der Waals surface area contributed by atoms with Crippen molar-refractivity contribution in [3.63, 3.8) is 0 Å². The van der Waals surface area contributed by atoms with Gasteiger partial charge in [0.1, 0.15) is 0 Å². The minimum Gasteiger partial charge on any atom is -0.195 e. The Bertz CT molecular complexity index is 84.2. The standard InChI is InChI=1S/C4H10N4/c1-4(7-5-2)8-6-3/h4H,1-3H3. The van der Waals surface area contributed by atoms with Crippen LogP contribution in [0.4, 0.5) is 0 Å². The lowest BCUT2D eigenvalue weighted by molar-refractivity contribution is 0.690. The molecule has 0 atom stereocenters. The summed E-state index contributed by atoms with van der Waals surface area (Å²) in [5, 5.41) is 14.4. The molecular formula is C4H10N4. The highest BCUT2D eigenvalue weighted by atomic mass is 15.2. The van der Waals surface area contributed by atoms with Gasteiger partial charge in [-0.05, 0) is 6.92 Å². The van der Waals surface area contributed by atoms with Crippen molar-refractivity contribution in [2.45, 2.75) is 13.1 Å². The lowest BCUT2D eigenvalue weighted by atomic mass is 10.6.